The first-order chi connectivity index (χ1) is 14.2. The van der Waals surface area contributed by atoms with Gasteiger partial charge in [-0.05, 0) is 32.8 Å². The van der Waals surface area contributed by atoms with Crippen molar-refractivity contribution >= 4 is 5.97 Å². The Morgan fingerprint density at radius 1 is 1.19 bits per heavy atom. The summed E-state index contributed by atoms with van der Waals surface area (Å²) in [6, 6.07) is 0. The highest BCUT2D eigenvalue weighted by molar-refractivity contribution is 5.67. The lowest BCUT2D eigenvalue weighted by Gasteiger charge is -2.65. The first kappa shape index (κ1) is 23.1. The molecule has 10 atom stereocenters. The number of ether oxygens (including phenoxy) is 2. The molecular formula is C23H36O8. The van der Waals surface area contributed by atoms with E-state index in [9.17, 15) is 30.3 Å². The summed E-state index contributed by atoms with van der Waals surface area (Å²) in [5.41, 5.74) is -4.02. The van der Waals surface area contributed by atoms with E-state index in [1.807, 2.05) is 0 Å². The summed E-state index contributed by atoms with van der Waals surface area (Å²) in [5.74, 6) is -2.03. The molecular weight excluding hydrogens is 404 g/mol. The zero-order valence-corrected chi connectivity index (χ0v) is 19.1. The van der Waals surface area contributed by atoms with Crippen LogP contribution >= 0.6 is 0 Å². The molecule has 0 aromatic rings. The third kappa shape index (κ3) is 2.60. The highest BCUT2D eigenvalue weighted by atomic mass is 16.6. The number of aliphatic hydroxyl groups is 5. The summed E-state index contributed by atoms with van der Waals surface area (Å²) >= 11 is 0. The van der Waals surface area contributed by atoms with Crippen molar-refractivity contribution in [1.82, 2.24) is 0 Å². The maximum absolute atomic E-state index is 12.1. The van der Waals surface area contributed by atoms with Gasteiger partial charge in [-0.3, -0.25) is 4.79 Å². The molecule has 8 nitrogen and oxygen atoms in total. The van der Waals surface area contributed by atoms with E-state index in [-0.39, 0.29) is 19.4 Å². The average Bonchev–Trinajstić information content (AvgIpc) is 2.90. The van der Waals surface area contributed by atoms with Crippen LogP contribution in [0.3, 0.4) is 0 Å². The van der Waals surface area contributed by atoms with Crippen molar-refractivity contribution in [3.63, 3.8) is 0 Å². The highest BCUT2D eigenvalue weighted by Gasteiger charge is 2.77. The standard InChI is InChI=1S/C23H36O8/c1-10-13(25)8-22(20(4,5)29)16(10)11(2)18(27)21(6)14(26)7-15-23(9-30-15,31-12(3)24)17(21)19(22)28/h11,13-15,17-19,25-29H,7-9H2,1-6H3/t11-,13-,14-,15+,17-,18-,19-,21+,22-,23-/m0/s1. The van der Waals surface area contributed by atoms with Gasteiger partial charge in [0, 0.05) is 36.0 Å². The second-order valence-electron chi connectivity index (χ2n) is 11.0. The lowest BCUT2D eigenvalue weighted by molar-refractivity contribution is -0.351. The van der Waals surface area contributed by atoms with Crippen LogP contribution in [0.15, 0.2) is 11.1 Å². The van der Waals surface area contributed by atoms with Crippen LogP contribution < -0.4 is 0 Å². The van der Waals surface area contributed by atoms with Gasteiger partial charge in [0.25, 0.3) is 0 Å². The first-order valence-corrected chi connectivity index (χ1v) is 11.1. The molecule has 8 heteroatoms. The summed E-state index contributed by atoms with van der Waals surface area (Å²) in [6.07, 6.45) is -4.74. The van der Waals surface area contributed by atoms with E-state index < -0.39 is 70.4 Å². The van der Waals surface area contributed by atoms with Gasteiger partial charge < -0.3 is 35.0 Å². The molecule has 1 saturated heterocycles. The molecule has 0 unspecified atom stereocenters. The molecule has 0 spiro atoms. The molecule has 0 bridgehead atoms. The minimum absolute atomic E-state index is 0.0326. The number of esters is 1. The van der Waals surface area contributed by atoms with Crippen molar-refractivity contribution in [2.75, 3.05) is 6.61 Å². The smallest absolute Gasteiger partial charge is 0.303 e. The summed E-state index contributed by atoms with van der Waals surface area (Å²) in [4.78, 5) is 12.1. The summed E-state index contributed by atoms with van der Waals surface area (Å²) in [5, 5.41) is 57.2. The van der Waals surface area contributed by atoms with E-state index in [2.05, 4.69) is 0 Å². The Hall–Kier alpha value is -1.03. The lowest BCUT2D eigenvalue weighted by Crippen LogP contribution is -2.78. The fourth-order valence-corrected chi connectivity index (χ4v) is 7.60. The Morgan fingerprint density at radius 3 is 2.29 bits per heavy atom. The maximum atomic E-state index is 12.1. The SMILES string of the molecule is CC(=O)O[C@@]12CO[C@@H]1C[C@H](O)[C@]1(C)[C@@H]2[C@H](O)[C@]2(C(C)(C)O)C[C@H](O)C(C)=C2[C@H](C)[C@@H]1O. The predicted octanol–water partition coefficient (Wildman–Crippen LogP) is 0.284. The molecule has 0 aromatic carbocycles. The van der Waals surface area contributed by atoms with Crippen LogP contribution in [0.5, 0.6) is 0 Å². The first-order valence-electron chi connectivity index (χ1n) is 11.1. The van der Waals surface area contributed by atoms with Gasteiger partial charge in [0.1, 0.15) is 6.10 Å². The second-order valence-corrected chi connectivity index (χ2v) is 11.0. The van der Waals surface area contributed by atoms with Crippen LogP contribution in [0.25, 0.3) is 0 Å². The number of hydrogen-bond acceptors (Lipinski definition) is 8. The molecule has 5 N–H and O–H groups in total. The molecule has 0 radical (unpaired) electrons. The van der Waals surface area contributed by atoms with Crippen LogP contribution in [0.2, 0.25) is 0 Å². The average molecular weight is 441 g/mol. The molecule has 4 rings (SSSR count). The zero-order chi connectivity index (χ0) is 23.3. The van der Waals surface area contributed by atoms with Gasteiger partial charge in [-0.2, -0.15) is 0 Å². The van der Waals surface area contributed by atoms with Gasteiger partial charge in [0.15, 0.2) is 5.60 Å². The molecule has 3 fully saturated rings. The van der Waals surface area contributed by atoms with Crippen molar-refractivity contribution in [2.45, 2.75) is 96.1 Å². The fourth-order valence-electron chi connectivity index (χ4n) is 7.60. The summed E-state index contributed by atoms with van der Waals surface area (Å²) in [6.45, 7) is 9.79. The molecule has 176 valence electrons. The van der Waals surface area contributed by atoms with Gasteiger partial charge >= 0.3 is 5.97 Å². The third-order valence-corrected chi connectivity index (χ3v) is 9.14. The van der Waals surface area contributed by atoms with E-state index in [1.54, 1.807) is 34.6 Å². The predicted molar refractivity (Wildman–Crippen MR) is 110 cm³/mol. The fraction of sp³-hybridized carbons (Fsp3) is 0.870. The minimum Gasteiger partial charge on any atom is -0.454 e. The second kappa shape index (κ2) is 6.74. The topological polar surface area (TPSA) is 137 Å². The van der Waals surface area contributed by atoms with E-state index in [1.165, 1.54) is 6.92 Å². The van der Waals surface area contributed by atoms with E-state index in [4.69, 9.17) is 9.47 Å². The molecule has 2 saturated carbocycles. The molecule has 1 aliphatic heterocycles. The number of carbonyl (C=O) groups is 1. The van der Waals surface area contributed by atoms with Crippen LogP contribution in [0.4, 0.5) is 0 Å². The van der Waals surface area contributed by atoms with Crippen LogP contribution in [0.1, 0.15) is 54.4 Å². The van der Waals surface area contributed by atoms with Gasteiger partial charge in [0.2, 0.25) is 0 Å². The Balaban J connectivity index is 2.03. The summed E-state index contributed by atoms with van der Waals surface area (Å²) < 4.78 is 11.5. The van der Waals surface area contributed by atoms with Gasteiger partial charge in [-0.15, -0.1) is 0 Å². The Kier molecular flexibility index (Phi) is 5.03. The quantitative estimate of drug-likeness (QED) is 0.305. The highest BCUT2D eigenvalue weighted by Crippen LogP contribution is 2.67. The van der Waals surface area contributed by atoms with Crippen molar-refractivity contribution < 1.29 is 39.8 Å². The number of carbonyl (C=O) groups excluding carboxylic acids is 1. The number of rotatable bonds is 2. The lowest BCUT2D eigenvalue weighted by atomic mass is 9.49. The van der Waals surface area contributed by atoms with Crippen LogP contribution in [-0.2, 0) is 14.3 Å². The number of hydrogen-bond donors (Lipinski definition) is 5. The zero-order valence-electron chi connectivity index (χ0n) is 19.1. The molecule has 31 heavy (non-hydrogen) atoms. The van der Waals surface area contributed by atoms with Crippen molar-refractivity contribution in [2.24, 2.45) is 22.7 Å². The van der Waals surface area contributed by atoms with E-state index in [0.717, 1.165) is 0 Å². The monoisotopic (exact) mass is 440 g/mol. The Bertz CT molecular complexity index is 817. The van der Waals surface area contributed by atoms with Crippen molar-refractivity contribution in [3.05, 3.63) is 11.1 Å². The van der Waals surface area contributed by atoms with Crippen molar-refractivity contribution in [3.8, 4) is 0 Å². The number of fused-ring (bicyclic) bond motifs is 4. The van der Waals surface area contributed by atoms with E-state index >= 15 is 0 Å². The minimum atomic E-state index is -1.47. The summed E-state index contributed by atoms with van der Waals surface area (Å²) in [7, 11) is 0. The largest absolute Gasteiger partial charge is 0.454 e. The molecule has 1 heterocycles. The molecule has 3 aliphatic carbocycles. The maximum Gasteiger partial charge on any atom is 0.303 e. The van der Waals surface area contributed by atoms with Gasteiger partial charge in [-0.1, -0.05) is 19.4 Å². The molecule has 0 amide bonds. The molecule has 4 aliphatic rings. The van der Waals surface area contributed by atoms with Gasteiger partial charge in [-0.25, -0.2) is 0 Å². The normalized spacial score (nSPS) is 51.9. The van der Waals surface area contributed by atoms with Crippen LogP contribution in [-0.4, -0.2) is 79.8 Å². The number of aliphatic hydroxyl groups excluding tert-OH is 4. The Morgan fingerprint density at radius 2 is 1.81 bits per heavy atom. The van der Waals surface area contributed by atoms with Crippen molar-refractivity contribution in [1.29, 1.82) is 0 Å². The van der Waals surface area contributed by atoms with Crippen LogP contribution in [0, 0.1) is 22.7 Å². The molecule has 0 aromatic heterocycles. The Labute approximate surface area is 182 Å². The third-order valence-electron chi connectivity index (χ3n) is 9.14. The van der Waals surface area contributed by atoms with E-state index in [0.29, 0.717) is 11.1 Å². The van der Waals surface area contributed by atoms with Gasteiger partial charge in [0.05, 0.1) is 36.6 Å².